The van der Waals surface area contributed by atoms with E-state index < -0.39 is 11.8 Å². The molecule has 0 aromatic rings. The largest absolute Gasteiger partial charge is 0.464 e. The monoisotopic (exact) mass is 383 g/mol. The van der Waals surface area contributed by atoms with E-state index in [1.807, 2.05) is 0 Å². The summed E-state index contributed by atoms with van der Waals surface area (Å²) in [5.41, 5.74) is 4.38. The highest BCUT2D eigenvalue weighted by molar-refractivity contribution is 5.70. The van der Waals surface area contributed by atoms with E-state index in [1.54, 1.807) is 20.8 Å². The lowest BCUT2D eigenvalue weighted by molar-refractivity contribution is -0.149. The third kappa shape index (κ3) is 14.3. The highest BCUT2D eigenvalue weighted by Crippen LogP contribution is 2.16. The molecule has 9 heteroatoms. The number of ether oxygens (including phenoxy) is 6. The Hall–Kier alpha value is -0.840. The van der Waals surface area contributed by atoms with E-state index in [0.717, 1.165) is 0 Å². The minimum absolute atomic E-state index is 0.0653. The predicted octanol–water partition coefficient (Wildman–Crippen LogP) is 0.708. The minimum Gasteiger partial charge on any atom is -0.464 e. The van der Waals surface area contributed by atoms with Crippen LogP contribution in [-0.2, 0) is 33.2 Å². The molecule has 0 aromatic carbocycles. The Balaban J connectivity index is 3.26. The van der Waals surface area contributed by atoms with Gasteiger partial charge in [-0.15, -0.1) is 0 Å². The van der Waals surface area contributed by atoms with Gasteiger partial charge < -0.3 is 34.2 Å². The van der Waals surface area contributed by atoms with Crippen molar-refractivity contribution < 1.29 is 37.6 Å². The minimum atomic E-state index is -1.21. The molecule has 0 fully saturated rings. The van der Waals surface area contributed by atoms with Gasteiger partial charge in [-0.05, 0) is 20.8 Å². The first-order chi connectivity index (χ1) is 12.4. The first-order valence-corrected chi connectivity index (χ1v) is 8.88. The first-order valence-electron chi connectivity index (χ1n) is 8.88. The zero-order valence-electron chi connectivity index (χ0n) is 16.2. The maximum absolute atomic E-state index is 13.5. The number of nitrogens with two attached hydrogens (primary N) is 1. The highest BCUT2D eigenvalue weighted by Gasteiger charge is 2.28. The van der Waals surface area contributed by atoms with Crippen LogP contribution in [0.15, 0.2) is 0 Å². The first kappa shape index (κ1) is 25.2. The summed E-state index contributed by atoms with van der Waals surface area (Å²) in [4.78, 5) is 11.0. The van der Waals surface area contributed by atoms with Crippen molar-refractivity contribution in [2.75, 3.05) is 72.6 Å². The van der Waals surface area contributed by atoms with Crippen molar-refractivity contribution in [1.29, 1.82) is 0 Å². The third-order valence-electron chi connectivity index (χ3n) is 3.30. The Morgan fingerprint density at radius 1 is 0.923 bits per heavy atom. The summed E-state index contributed by atoms with van der Waals surface area (Å²) in [7, 11) is 0. The maximum atomic E-state index is 13.5. The second-order valence-electron chi connectivity index (χ2n) is 5.85. The van der Waals surface area contributed by atoms with Gasteiger partial charge in [-0.25, -0.2) is 9.18 Å². The van der Waals surface area contributed by atoms with Crippen LogP contribution < -0.4 is 5.73 Å². The number of halogens is 1. The Morgan fingerprint density at radius 3 is 1.85 bits per heavy atom. The van der Waals surface area contributed by atoms with E-state index >= 15 is 0 Å². The van der Waals surface area contributed by atoms with Crippen molar-refractivity contribution in [3.05, 3.63) is 0 Å². The Kier molecular flexibility index (Phi) is 15.8. The van der Waals surface area contributed by atoms with Gasteiger partial charge in [-0.3, -0.25) is 0 Å². The van der Waals surface area contributed by atoms with Crippen LogP contribution in [-0.4, -0.2) is 90.4 Å². The summed E-state index contributed by atoms with van der Waals surface area (Å²) < 4.78 is 44.6. The van der Waals surface area contributed by atoms with Crippen LogP contribution in [0.5, 0.6) is 0 Å². The molecule has 0 heterocycles. The topological polar surface area (TPSA) is 98.5 Å². The lowest BCUT2D eigenvalue weighted by Crippen LogP contribution is -2.41. The summed E-state index contributed by atoms with van der Waals surface area (Å²) in [6, 6.07) is 0. The van der Waals surface area contributed by atoms with Crippen molar-refractivity contribution in [3.8, 4) is 0 Å². The van der Waals surface area contributed by atoms with Gasteiger partial charge in [0.1, 0.15) is 12.8 Å². The number of hydrogen-bond donors (Lipinski definition) is 1. The Labute approximate surface area is 155 Å². The second-order valence-corrected chi connectivity index (χ2v) is 5.85. The van der Waals surface area contributed by atoms with E-state index in [4.69, 9.17) is 34.2 Å². The lowest BCUT2D eigenvalue weighted by atomic mass is 10.0. The van der Waals surface area contributed by atoms with Gasteiger partial charge in [0.2, 0.25) is 0 Å². The Morgan fingerprint density at radius 2 is 1.38 bits per heavy atom. The average Bonchev–Trinajstić information content (AvgIpc) is 2.61. The van der Waals surface area contributed by atoms with Crippen molar-refractivity contribution in [1.82, 2.24) is 0 Å². The van der Waals surface area contributed by atoms with Crippen LogP contribution in [0.4, 0.5) is 4.39 Å². The van der Waals surface area contributed by atoms with E-state index in [9.17, 15) is 9.18 Å². The lowest BCUT2D eigenvalue weighted by Gasteiger charge is -2.28. The second kappa shape index (κ2) is 16.3. The maximum Gasteiger partial charge on any atom is 0.332 e. The third-order valence-corrected chi connectivity index (χ3v) is 3.30. The average molecular weight is 383 g/mol. The summed E-state index contributed by atoms with van der Waals surface area (Å²) in [6.45, 7) is 8.34. The fourth-order valence-electron chi connectivity index (χ4n) is 1.76. The molecule has 0 aliphatic heterocycles. The van der Waals surface area contributed by atoms with Gasteiger partial charge in [-0.2, -0.15) is 0 Å². The molecule has 0 saturated heterocycles. The fraction of sp³-hybridized carbons (Fsp3) is 0.941. The highest BCUT2D eigenvalue weighted by atomic mass is 19.1. The van der Waals surface area contributed by atoms with Gasteiger partial charge in [0.15, 0.2) is 0 Å². The van der Waals surface area contributed by atoms with Gasteiger partial charge in [0.25, 0.3) is 0 Å². The summed E-state index contributed by atoms with van der Waals surface area (Å²) in [5, 5.41) is 0. The van der Waals surface area contributed by atoms with Gasteiger partial charge >= 0.3 is 5.97 Å². The van der Waals surface area contributed by atoms with Crippen LogP contribution in [0.2, 0.25) is 0 Å². The van der Waals surface area contributed by atoms with Crippen LogP contribution in [0.1, 0.15) is 20.8 Å². The predicted molar refractivity (Wildman–Crippen MR) is 93.9 cm³/mol. The molecule has 0 rings (SSSR count). The molecule has 2 N–H and O–H groups in total. The molecular weight excluding hydrogens is 349 g/mol. The number of esters is 1. The van der Waals surface area contributed by atoms with E-state index in [2.05, 4.69) is 0 Å². The molecule has 0 aromatic heterocycles. The molecule has 1 atom stereocenters. The normalized spacial score (nSPS) is 13.0. The number of carbonyl (C=O) groups is 1. The molecule has 26 heavy (non-hydrogen) atoms. The molecule has 0 amide bonds. The van der Waals surface area contributed by atoms with Crippen molar-refractivity contribution in [2.45, 2.75) is 32.5 Å². The molecule has 0 aliphatic carbocycles. The molecule has 156 valence electrons. The van der Waals surface area contributed by atoms with Crippen LogP contribution in [0, 0.1) is 0 Å². The van der Waals surface area contributed by atoms with Gasteiger partial charge in [0.05, 0.1) is 65.1 Å². The van der Waals surface area contributed by atoms with Crippen LogP contribution >= 0.6 is 0 Å². The molecule has 8 nitrogen and oxygen atoms in total. The standard InChI is InChI=1S/C17H34FNO7/c1-4-25-16(20)14-24-10-9-22-6-5-21-7-8-23-11-12-26-17(2,3)15(18)13-19/h15H,4-14,19H2,1-3H3. The molecule has 0 saturated carbocycles. The number of rotatable bonds is 18. The van der Waals surface area contributed by atoms with E-state index in [0.29, 0.717) is 59.5 Å². The van der Waals surface area contributed by atoms with Crippen molar-refractivity contribution in [3.63, 3.8) is 0 Å². The number of carbonyl (C=O) groups excluding carboxylic acids is 1. The van der Waals surface area contributed by atoms with Crippen LogP contribution in [0.3, 0.4) is 0 Å². The molecule has 0 radical (unpaired) electrons. The molecule has 1 unspecified atom stereocenters. The molecule has 0 aliphatic rings. The zero-order chi connectivity index (χ0) is 19.7. The van der Waals surface area contributed by atoms with Gasteiger partial charge in [0, 0.05) is 6.54 Å². The molecular formula is C17H34FNO7. The summed E-state index contributed by atoms with van der Waals surface area (Å²) >= 11 is 0. The molecule has 0 bridgehead atoms. The SMILES string of the molecule is CCOC(=O)COCCOCCOCCOCCOC(C)(C)C(F)CN. The number of hydrogen-bond acceptors (Lipinski definition) is 8. The zero-order valence-corrected chi connectivity index (χ0v) is 16.2. The fourth-order valence-corrected chi connectivity index (χ4v) is 1.76. The van der Waals surface area contributed by atoms with E-state index in [-0.39, 0.29) is 19.1 Å². The van der Waals surface area contributed by atoms with Gasteiger partial charge in [-0.1, -0.05) is 0 Å². The smallest absolute Gasteiger partial charge is 0.332 e. The number of alkyl halides is 1. The van der Waals surface area contributed by atoms with E-state index in [1.165, 1.54) is 0 Å². The van der Waals surface area contributed by atoms with Crippen molar-refractivity contribution >= 4 is 5.97 Å². The van der Waals surface area contributed by atoms with Crippen LogP contribution in [0.25, 0.3) is 0 Å². The molecule has 0 spiro atoms. The van der Waals surface area contributed by atoms with Crippen molar-refractivity contribution in [2.24, 2.45) is 5.73 Å². The Bertz CT molecular complexity index is 345. The quantitative estimate of drug-likeness (QED) is 0.273. The summed E-state index contributed by atoms with van der Waals surface area (Å²) in [5.74, 6) is -0.381. The summed E-state index contributed by atoms with van der Waals surface area (Å²) in [6.07, 6.45) is -1.21.